The Balaban J connectivity index is 1.69. The van der Waals surface area contributed by atoms with Crippen LogP contribution in [0.15, 0.2) is 42.5 Å². The Bertz CT molecular complexity index is 828. The van der Waals surface area contributed by atoms with Gasteiger partial charge in [0.15, 0.2) is 11.5 Å². The van der Waals surface area contributed by atoms with Crippen LogP contribution in [0.25, 0.3) is 0 Å². The normalized spacial score (nSPS) is 20.0. The standard InChI is InChI=1S/C21H24FNO5/c1-27-19-6-5-14(11-23-8-7-18(24)17(12-23)21(25)26)10-20(19)28-13-15-3-2-4-16(22)9-15/h2-6,9-10,17-18,24H,7-8,11-13H2,1H3,(H,25,26)/t17-,18-/m0/s1. The van der Waals surface area contributed by atoms with Crippen molar-refractivity contribution in [3.05, 3.63) is 59.4 Å². The molecule has 0 unspecified atom stereocenters. The molecule has 28 heavy (non-hydrogen) atoms. The number of aliphatic hydroxyl groups excluding tert-OH is 1. The molecule has 1 heterocycles. The molecular weight excluding hydrogens is 365 g/mol. The summed E-state index contributed by atoms with van der Waals surface area (Å²) >= 11 is 0. The number of hydrogen-bond donors (Lipinski definition) is 2. The highest BCUT2D eigenvalue weighted by Gasteiger charge is 2.33. The summed E-state index contributed by atoms with van der Waals surface area (Å²) in [6.07, 6.45) is -0.384. The van der Waals surface area contributed by atoms with Crippen LogP contribution in [0.1, 0.15) is 17.5 Å². The number of rotatable bonds is 7. The second kappa shape index (κ2) is 9.03. The maximum Gasteiger partial charge on any atom is 0.310 e. The fourth-order valence-electron chi connectivity index (χ4n) is 3.37. The van der Waals surface area contributed by atoms with Crippen molar-refractivity contribution in [2.75, 3.05) is 20.2 Å². The lowest BCUT2D eigenvalue weighted by Crippen LogP contribution is -2.46. The van der Waals surface area contributed by atoms with E-state index < -0.39 is 18.0 Å². The zero-order chi connectivity index (χ0) is 20.1. The van der Waals surface area contributed by atoms with E-state index in [2.05, 4.69) is 0 Å². The van der Waals surface area contributed by atoms with Crippen LogP contribution in [0.5, 0.6) is 11.5 Å². The van der Waals surface area contributed by atoms with Crippen LogP contribution in [0.4, 0.5) is 4.39 Å². The second-order valence-electron chi connectivity index (χ2n) is 6.94. The molecule has 2 aromatic rings. The van der Waals surface area contributed by atoms with E-state index in [1.165, 1.54) is 12.1 Å². The van der Waals surface area contributed by atoms with Gasteiger partial charge in [0.25, 0.3) is 0 Å². The summed E-state index contributed by atoms with van der Waals surface area (Å²) in [5, 5.41) is 19.1. The SMILES string of the molecule is COc1ccc(CN2CC[C@H](O)[C@@H](C(=O)O)C2)cc1OCc1cccc(F)c1. The van der Waals surface area contributed by atoms with Crippen LogP contribution < -0.4 is 9.47 Å². The van der Waals surface area contributed by atoms with Crippen LogP contribution in [0.3, 0.4) is 0 Å². The van der Waals surface area contributed by atoms with Crippen LogP contribution in [-0.4, -0.2) is 47.4 Å². The summed E-state index contributed by atoms with van der Waals surface area (Å²) in [5.74, 6) is -0.974. The number of carboxylic acid groups (broad SMARTS) is 1. The molecule has 1 aliphatic heterocycles. The number of likely N-dealkylation sites (tertiary alicyclic amines) is 1. The number of aliphatic hydroxyl groups is 1. The molecule has 2 atom stereocenters. The highest BCUT2D eigenvalue weighted by molar-refractivity contribution is 5.71. The number of ether oxygens (including phenoxy) is 2. The van der Waals surface area contributed by atoms with Gasteiger partial charge in [0.1, 0.15) is 12.4 Å². The first-order valence-electron chi connectivity index (χ1n) is 9.13. The molecule has 1 saturated heterocycles. The summed E-state index contributed by atoms with van der Waals surface area (Å²) in [4.78, 5) is 13.3. The Kier molecular flexibility index (Phi) is 6.49. The topological polar surface area (TPSA) is 79.2 Å². The minimum absolute atomic E-state index is 0.203. The zero-order valence-corrected chi connectivity index (χ0v) is 15.7. The van der Waals surface area contributed by atoms with E-state index in [0.717, 1.165) is 5.56 Å². The van der Waals surface area contributed by atoms with Crippen molar-refractivity contribution in [3.8, 4) is 11.5 Å². The third kappa shape index (κ3) is 4.99. The third-order valence-corrected chi connectivity index (χ3v) is 4.90. The number of nitrogens with zero attached hydrogens (tertiary/aromatic N) is 1. The number of piperidine rings is 1. The van der Waals surface area contributed by atoms with Gasteiger partial charge in [-0.1, -0.05) is 18.2 Å². The maximum atomic E-state index is 13.3. The third-order valence-electron chi connectivity index (χ3n) is 4.90. The van der Waals surface area contributed by atoms with Crippen molar-refractivity contribution in [1.82, 2.24) is 4.90 Å². The van der Waals surface area contributed by atoms with Gasteiger partial charge in [-0.05, 0) is 41.8 Å². The molecule has 3 rings (SSSR count). The molecule has 1 aliphatic rings. The van der Waals surface area contributed by atoms with Gasteiger partial charge < -0.3 is 19.7 Å². The van der Waals surface area contributed by atoms with Crippen molar-refractivity contribution in [2.24, 2.45) is 5.92 Å². The lowest BCUT2D eigenvalue weighted by molar-refractivity contribution is -0.149. The molecule has 0 radical (unpaired) electrons. The molecular formula is C21H24FNO5. The van der Waals surface area contributed by atoms with Crippen molar-refractivity contribution in [1.29, 1.82) is 0 Å². The Labute approximate surface area is 163 Å². The summed E-state index contributed by atoms with van der Waals surface area (Å²) in [5.41, 5.74) is 1.65. The number of halogens is 1. The lowest BCUT2D eigenvalue weighted by Gasteiger charge is -2.34. The minimum Gasteiger partial charge on any atom is -0.493 e. The largest absolute Gasteiger partial charge is 0.493 e. The molecule has 150 valence electrons. The first-order valence-corrected chi connectivity index (χ1v) is 9.13. The fraction of sp³-hybridized carbons (Fsp3) is 0.381. The molecule has 0 saturated carbocycles. The van der Waals surface area contributed by atoms with E-state index in [1.54, 1.807) is 25.3 Å². The summed E-state index contributed by atoms with van der Waals surface area (Å²) < 4.78 is 24.5. The van der Waals surface area contributed by atoms with Crippen molar-refractivity contribution in [3.63, 3.8) is 0 Å². The van der Waals surface area contributed by atoms with Crippen molar-refractivity contribution < 1.29 is 28.9 Å². The first kappa shape index (κ1) is 20.1. The van der Waals surface area contributed by atoms with Crippen LogP contribution in [-0.2, 0) is 17.9 Å². The van der Waals surface area contributed by atoms with E-state index in [1.807, 2.05) is 17.0 Å². The van der Waals surface area contributed by atoms with Gasteiger partial charge in [0.2, 0.25) is 0 Å². The molecule has 0 amide bonds. The van der Waals surface area contributed by atoms with E-state index in [9.17, 15) is 19.4 Å². The molecule has 0 aromatic heterocycles. The van der Waals surface area contributed by atoms with Gasteiger partial charge >= 0.3 is 5.97 Å². The van der Waals surface area contributed by atoms with Gasteiger partial charge in [0, 0.05) is 19.6 Å². The molecule has 0 aliphatic carbocycles. The Morgan fingerprint density at radius 2 is 2.04 bits per heavy atom. The number of hydrogen-bond acceptors (Lipinski definition) is 5. The van der Waals surface area contributed by atoms with E-state index in [-0.39, 0.29) is 12.4 Å². The maximum absolute atomic E-state index is 13.3. The number of methoxy groups -OCH3 is 1. The number of aliphatic carboxylic acids is 1. The predicted octanol–water partition coefficient (Wildman–Crippen LogP) is 2.68. The number of benzene rings is 2. The van der Waals surface area contributed by atoms with Crippen LogP contribution in [0, 0.1) is 11.7 Å². The molecule has 2 N–H and O–H groups in total. The zero-order valence-electron chi connectivity index (χ0n) is 15.7. The summed E-state index contributed by atoms with van der Waals surface area (Å²) in [7, 11) is 1.55. The van der Waals surface area contributed by atoms with Crippen molar-refractivity contribution in [2.45, 2.75) is 25.7 Å². The predicted molar refractivity (Wildman–Crippen MR) is 101 cm³/mol. The van der Waals surface area contributed by atoms with E-state index in [4.69, 9.17) is 9.47 Å². The summed E-state index contributed by atoms with van der Waals surface area (Å²) in [6.45, 7) is 1.66. The Hall–Kier alpha value is -2.64. The smallest absolute Gasteiger partial charge is 0.310 e. The minimum atomic E-state index is -0.981. The number of carbonyl (C=O) groups is 1. The lowest BCUT2D eigenvalue weighted by atomic mass is 9.94. The van der Waals surface area contributed by atoms with Crippen LogP contribution >= 0.6 is 0 Å². The fourth-order valence-corrected chi connectivity index (χ4v) is 3.37. The number of carboxylic acids is 1. The van der Waals surface area contributed by atoms with Gasteiger partial charge in [-0.2, -0.15) is 0 Å². The van der Waals surface area contributed by atoms with E-state index in [0.29, 0.717) is 43.1 Å². The van der Waals surface area contributed by atoms with Gasteiger partial charge in [-0.15, -0.1) is 0 Å². The average Bonchev–Trinajstić information content (AvgIpc) is 2.68. The molecule has 0 spiro atoms. The average molecular weight is 389 g/mol. The molecule has 0 bridgehead atoms. The summed E-state index contributed by atoms with van der Waals surface area (Å²) in [6, 6.07) is 11.7. The van der Waals surface area contributed by atoms with Crippen molar-refractivity contribution >= 4 is 5.97 Å². The second-order valence-corrected chi connectivity index (χ2v) is 6.94. The Morgan fingerprint density at radius 1 is 1.21 bits per heavy atom. The van der Waals surface area contributed by atoms with Gasteiger partial charge in [-0.25, -0.2) is 4.39 Å². The van der Waals surface area contributed by atoms with Gasteiger partial charge in [0.05, 0.1) is 19.1 Å². The van der Waals surface area contributed by atoms with E-state index >= 15 is 0 Å². The highest BCUT2D eigenvalue weighted by Crippen LogP contribution is 2.30. The quantitative estimate of drug-likeness (QED) is 0.758. The molecule has 1 fully saturated rings. The Morgan fingerprint density at radius 3 is 2.75 bits per heavy atom. The molecule has 7 heteroatoms. The molecule has 2 aromatic carbocycles. The highest BCUT2D eigenvalue weighted by atomic mass is 19.1. The van der Waals surface area contributed by atoms with Gasteiger partial charge in [-0.3, -0.25) is 9.69 Å². The first-order chi connectivity index (χ1) is 13.5. The molecule has 6 nitrogen and oxygen atoms in total. The monoisotopic (exact) mass is 389 g/mol. The van der Waals surface area contributed by atoms with Crippen LogP contribution in [0.2, 0.25) is 0 Å².